The number of carbonyl (C=O) groups excluding carboxylic acids is 2. The molecule has 3 heterocycles. The summed E-state index contributed by atoms with van der Waals surface area (Å²) in [5, 5.41) is 65.7. The third kappa shape index (κ3) is 5.18. The Balaban J connectivity index is 1.01. The van der Waals surface area contributed by atoms with Crippen LogP contribution in [0.15, 0.2) is 11.6 Å². The van der Waals surface area contributed by atoms with Gasteiger partial charge >= 0.3 is 5.97 Å². The van der Waals surface area contributed by atoms with Crippen molar-refractivity contribution in [2.24, 2.45) is 28.6 Å². The fourth-order valence-electron chi connectivity index (χ4n) is 11.0. The molecule has 2 saturated heterocycles. The summed E-state index contributed by atoms with van der Waals surface area (Å²) in [7, 11) is 0. The summed E-state index contributed by atoms with van der Waals surface area (Å²) < 4.78 is 28.7. The highest BCUT2D eigenvalue weighted by atomic mass is 16.7. The summed E-state index contributed by atoms with van der Waals surface area (Å²) in [6, 6.07) is 0. The van der Waals surface area contributed by atoms with Crippen LogP contribution >= 0.6 is 0 Å². The Morgan fingerprint density at radius 1 is 0.936 bits per heavy atom. The quantitative estimate of drug-likeness (QED) is 0.128. The van der Waals surface area contributed by atoms with Crippen LogP contribution in [0, 0.1) is 28.6 Å². The Morgan fingerprint density at radius 3 is 2.40 bits per heavy atom. The van der Waals surface area contributed by atoms with Gasteiger partial charge < -0.3 is 59.1 Å². The summed E-state index contributed by atoms with van der Waals surface area (Å²) in [5.41, 5.74) is -2.86. The first kappa shape index (κ1) is 34.0. The minimum Gasteiger partial charge on any atom is -0.458 e. The van der Waals surface area contributed by atoms with Gasteiger partial charge in [-0.05, 0) is 81.6 Å². The molecule has 0 radical (unpaired) electrons. The molecule has 0 aromatic heterocycles. The van der Waals surface area contributed by atoms with E-state index in [4.69, 9.17) is 23.7 Å². The molecule has 4 saturated carbocycles. The van der Waals surface area contributed by atoms with Crippen LogP contribution in [-0.2, 0) is 33.3 Å². The topological polar surface area (TPSA) is 202 Å². The van der Waals surface area contributed by atoms with E-state index in [0.717, 1.165) is 18.3 Å². The van der Waals surface area contributed by atoms with E-state index in [1.807, 2.05) is 0 Å². The van der Waals surface area contributed by atoms with Crippen molar-refractivity contribution in [2.75, 3.05) is 13.2 Å². The zero-order chi connectivity index (χ0) is 33.5. The van der Waals surface area contributed by atoms with Crippen LogP contribution in [0.2, 0.25) is 0 Å². The highest BCUT2D eigenvalue weighted by molar-refractivity contribution is 5.85. The fraction of sp³-hybridized carbons (Fsp3) is 0.882. The van der Waals surface area contributed by atoms with Crippen molar-refractivity contribution in [1.29, 1.82) is 0 Å². The third-order valence-corrected chi connectivity index (χ3v) is 13.6. The van der Waals surface area contributed by atoms with Crippen molar-refractivity contribution < 1.29 is 63.9 Å². The molecule has 13 heteroatoms. The lowest BCUT2D eigenvalue weighted by Gasteiger charge is -2.65. The molecule has 3 aliphatic heterocycles. The van der Waals surface area contributed by atoms with Gasteiger partial charge in [-0.15, -0.1) is 0 Å². The van der Waals surface area contributed by atoms with Crippen LogP contribution in [0.1, 0.15) is 78.1 Å². The number of rotatable bonds is 6. The molecule has 6 fully saturated rings. The predicted molar refractivity (Wildman–Crippen MR) is 160 cm³/mol. The second-order valence-electron chi connectivity index (χ2n) is 15.7. The zero-order valence-corrected chi connectivity index (χ0v) is 27.1. The Hall–Kier alpha value is -1.52. The Kier molecular flexibility index (Phi) is 8.72. The largest absolute Gasteiger partial charge is 0.458 e. The second kappa shape index (κ2) is 12.1. The highest BCUT2D eigenvalue weighted by Crippen LogP contribution is 2.70. The first-order valence-corrected chi connectivity index (χ1v) is 17.3. The smallest absolute Gasteiger partial charge is 0.331 e. The van der Waals surface area contributed by atoms with Gasteiger partial charge in [0.15, 0.2) is 12.6 Å². The summed E-state index contributed by atoms with van der Waals surface area (Å²) >= 11 is 0. The molecule has 4 aliphatic carbocycles. The van der Waals surface area contributed by atoms with Gasteiger partial charge in [0.25, 0.3) is 0 Å². The predicted octanol–water partition coefficient (Wildman–Crippen LogP) is 0.243. The summed E-state index contributed by atoms with van der Waals surface area (Å²) in [4.78, 5) is 25.0. The average Bonchev–Trinajstić information content (AvgIpc) is 3.57. The first-order chi connectivity index (χ1) is 22.2. The molecule has 0 spiro atoms. The van der Waals surface area contributed by atoms with Crippen LogP contribution in [0.5, 0.6) is 0 Å². The minimum absolute atomic E-state index is 0.0370. The fourth-order valence-corrected chi connectivity index (χ4v) is 11.0. The van der Waals surface area contributed by atoms with Crippen LogP contribution < -0.4 is 0 Å². The SMILES string of the molecule is C[C@@H]1O[C@H](O[C@@H]2CC[C@]3(C=O)[C@@H]4CC[C@]5(C)[C@H](C6=CC(=O)OC6)CC[C@]5(O)[C@@H]4CC[C@]3(O)C2)C[C@H](O)[C@@H]1O[C@@H]1OC[C@H](O)[C@H](O)[C@H]1O. The lowest BCUT2D eigenvalue weighted by molar-refractivity contribution is -0.331. The standard InChI is InChI=1S/C34H50O13/c1-17-29(47-30-28(40)27(39)24(37)15-44-30)23(36)12-26(45-17)46-19-3-8-32(16-35)21-4-7-31(2)20(18-11-25(38)43-14-18)6-10-34(31,42)22(21)5-9-33(32,41)13-19/h11,16-17,19-24,26-30,36-37,39-42H,3-10,12-15H2,1-2H3/t17-,19+,20-,21+,22+,23-,24-,26+,27-,28+,29+,30-,31+,32-,33-,34-/m0/s1. The molecule has 0 unspecified atom stereocenters. The van der Waals surface area contributed by atoms with E-state index < -0.39 is 77.3 Å². The number of carbonyl (C=O) groups is 2. The molecule has 0 aromatic rings. The normalized spacial score (nSPS) is 54.6. The molecule has 47 heavy (non-hydrogen) atoms. The number of aldehydes is 1. The van der Waals surface area contributed by atoms with Crippen molar-refractivity contribution in [2.45, 2.75) is 145 Å². The summed E-state index contributed by atoms with van der Waals surface area (Å²) in [5.74, 6) is -0.635. The monoisotopic (exact) mass is 666 g/mol. The molecule has 0 bridgehead atoms. The molecule has 6 N–H and O–H groups in total. The maximum Gasteiger partial charge on any atom is 0.331 e. The molecule has 264 valence electrons. The molecular weight excluding hydrogens is 616 g/mol. The second-order valence-corrected chi connectivity index (χ2v) is 15.7. The lowest BCUT2D eigenvalue weighted by atomic mass is 9.41. The number of ether oxygens (including phenoxy) is 5. The zero-order valence-electron chi connectivity index (χ0n) is 27.1. The highest BCUT2D eigenvalue weighted by Gasteiger charge is 2.71. The Morgan fingerprint density at radius 2 is 1.70 bits per heavy atom. The molecule has 0 amide bonds. The van der Waals surface area contributed by atoms with Crippen molar-refractivity contribution >= 4 is 12.3 Å². The molecule has 13 nitrogen and oxygen atoms in total. The van der Waals surface area contributed by atoms with E-state index in [0.29, 0.717) is 44.9 Å². The number of aliphatic hydroxyl groups is 6. The molecular formula is C34H50O13. The van der Waals surface area contributed by atoms with Gasteiger partial charge in [-0.1, -0.05) is 6.92 Å². The van der Waals surface area contributed by atoms with Gasteiger partial charge in [0.1, 0.15) is 37.3 Å². The van der Waals surface area contributed by atoms with Gasteiger partial charge in [-0.3, -0.25) is 0 Å². The number of esters is 1. The maximum atomic E-state index is 13.1. The maximum absolute atomic E-state index is 13.1. The van der Waals surface area contributed by atoms with Gasteiger partial charge in [-0.25, -0.2) is 4.79 Å². The van der Waals surface area contributed by atoms with Crippen molar-refractivity contribution in [1.82, 2.24) is 0 Å². The number of fused-ring (bicyclic) bond motifs is 5. The van der Waals surface area contributed by atoms with E-state index >= 15 is 0 Å². The van der Waals surface area contributed by atoms with E-state index in [-0.39, 0.29) is 49.8 Å². The van der Waals surface area contributed by atoms with Crippen LogP contribution in [0.4, 0.5) is 0 Å². The third-order valence-electron chi connectivity index (χ3n) is 13.6. The summed E-state index contributed by atoms with van der Waals surface area (Å²) in [6.07, 6.45) is -1.89. The van der Waals surface area contributed by atoms with E-state index in [1.54, 1.807) is 13.0 Å². The van der Waals surface area contributed by atoms with Crippen molar-refractivity contribution in [3.8, 4) is 0 Å². The Labute approximate surface area is 274 Å². The van der Waals surface area contributed by atoms with Gasteiger partial charge in [0.2, 0.25) is 0 Å². The van der Waals surface area contributed by atoms with Gasteiger partial charge in [0.05, 0.1) is 41.5 Å². The minimum atomic E-state index is -1.50. The van der Waals surface area contributed by atoms with Crippen LogP contribution in [0.25, 0.3) is 0 Å². The molecule has 16 atom stereocenters. The lowest BCUT2D eigenvalue weighted by Crippen LogP contribution is -2.69. The molecule has 7 aliphatic rings. The van der Waals surface area contributed by atoms with E-state index in [1.165, 1.54) is 0 Å². The van der Waals surface area contributed by atoms with Crippen LogP contribution in [0.3, 0.4) is 0 Å². The number of aliphatic hydroxyl groups excluding tert-OH is 4. The average molecular weight is 667 g/mol. The van der Waals surface area contributed by atoms with Gasteiger partial charge in [-0.2, -0.15) is 0 Å². The van der Waals surface area contributed by atoms with Crippen molar-refractivity contribution in [3.05, 3.63) is 11.6 Å². The van der Waals surface area contributed by atoms with Crippen LogP contribution in [-0.4, -0.2) is 123 Å². The number of cyclic esters (lactones) is 1. The van der Waals surface area contributed by atoms with E-state index in [9.17, 15) is 40.2 Å². The van der Waals surface area contributed by atoms with E-state index in [2.05, 4.69) is 6.92 Å². The summed E-state index contributed by atoms with van der Waals surface area (Å²) in [6.45, 7) is 3.86. The van der Waals surface area contributed by atoms with Gasteiger partial charge in [0, 0.05) is 24.3 Å². The molecule has 0 aromatic carbocycles. The Bertz CT molecular complexity index is 1250. The first-order valence-electron chi connectivity index (χ1n) is 17.3. The van der Waals surface area contributed by atoms with Crippen molar-refractivity contribution in [3.63, 3.8) is 0 Å². The number of hydrogen-bond acceptors (Lipinski definition) is 13. The number of hydrogen-bond donors (Lipinski definition) is 6. The molecule has 7 rings (SSSR count).